The second kappa shape index (κ2) is 3.99. The molecule has 2 heteroatoms. The lowest BCUT2D eigenvalue weighted by atomic mass is 10.1. The quantitative estimate of drug-likeness (QED) is 0.522. The van der Waals surface area contributed by atoms with Crippen molar-refractivity contribution in [2.24, 2.45) is 9.98 Å². The van der Waals surface area contributed by atoms with Crippen LogP contribution in [0, 0.1) is 0 Å². The molecule has 0 bridgehead atoms. The first kappa shape index (κ1) is 9.08. The highest BCUT2D eigenvalue weighted by Crippen LogP contribution is 2.04. The molecule has 0 saturated carbocycles. The van der Waals surface area contributed by atoms with Crippen LogP contribution < -0.4 is 0 Å². The van der Waals surface area contributed by atoms with E-state index in [1.807, 2.05) is 20.8 Å². The van der Waals surface area contributed by atoms with Crippen molar-refractivity contribution >= 4 is 12.9 Å². The second-order valence-corrected chi connectivity index (χ2v) is 2.97. The monoisotopic (exact) mass is 138 g/mol. The molecule has 0 rings (SSSR count). The van der Waals surface area contributed by atoms with E-state index in [1.165, 1.54) is 0 Å². The largest absolute Gasteiger partial charge is 0.287 e. The molecule has 2 nitrogen and oxygen atoms in total. The first-order valence-electron chi connectivity index (χ1n) is 3.22. The number of nitrogens with zero attached hydrogens (tertiary/aromatic N) is 2. The maximum atomic E-state index is 4.19. The van der Waals surface area contributed by atoms with Gasteiger partial charge in [-0.1, -0.05) is 0 Å². The summed E-state index contributed by atoms with van der Waals surface area (Å²) >= 11 is 0. The average Bonchev–Trinajstić information content (AvgIpc) is 1.78. The van der Waals surface area contributed by atoms with E-state index in [9.17, 15) is 0 Å². The molecule has 0 aliphatic heterocycles. The van der Waals surface area contributed by atoms with Crippen LogP contribution in [0.5, 0.6) is 0 Å². The smallest absolute Gasteiger partial charge is 0.0524 e. The molecule has 0 aliphatic rings. The van der Waals surface area contributed by atoms with Gasteiger partial charge in [0.15, 0.2) is 0 Å². The van der Waals surface area contributed by atoms with Crippen LogP contribution in [-0.2, 0) is 0 Å². The fourth-order valence-corrected chi connectivity index (χ4v) is 0.366. The van der Waals surface area contributed by atoms with Crippen molar-refractivity contribution in [3.63, 3.8) is 0 Å². The van der Waals surface area contributed by atoms with Crippen LogP contribution in [0.4, 0.5) is 0 Å². The van der Waals surface area contributed by atoms with Gasteiger partial charge in [-0.05, 0) is 33.6 Å². The molecule has 0 unspecified atom stereocenters. The summed E-state index contributed by atoms with van der Waals surface area (Å²) in [5.74, 6) is 0. The summed E-state index contributed by atoms with van der Waals surface area (Å²) in [5, 5.41) is 0. The van der Waals surface area contributed by atoms with Gasteiger partial charge >= 0.3 is 0 Å². The third-order valence-electron chi connectivity index (χ3n) is 0.739. The maximum Gasteiger partial charge on any atom is 0.0524 e. The van der Waals surface area contributed by atoms with Crippen LogP contribution in [0.2, 0.25) is 0 Å². The van der Waals surface area contributed by atoms with E-state index in [4.69, 9.17) is 0 Å². The predicted molar refractivity (Wildman–Crippen MR) is 46.9 cm³/mol. The molecule has 10 heavy (non-hydrogen) atoms. The van der Waals surface area contributed by atoms with E-state index in [0.29, 0.717) is 0 Å². The van der Waals surface area contributed by atoms with Gasteiger partial charge in [0.2, 0.25) is 0 Å². The van der Waals surface area contributed by atoms with E-state index < -0.39 is 0 Å². The molecule has 0 N–H and O–H groups in total. The van der Waals surface area contributed by atoms with E-state index in [0.717, 1.165) is 0 Å². The molecule has 0 aromatic carbocycles. The third kappa shape index (κ3) is 7.08. The molecule has 0 radical (unpaired) electrons. The molecule has 0 amide bonds. The Morgan fingerprint density at radius 3 is 2.30 bits per heavy atom. The van der Waals surface area contributed by atoms with Crippen LogP contribution in [0.25, 0.3) is 0 Å². The highest BCUT2D eigenvalue weighted by Gasteiger charge is 2.02. The molecule has 0 saturated heterocycles. The molecule has 0 spiro atoms. The summed E-state index contributed by atoms with van der Waals surface area (Å²) in [4.78, 5) is 7.73. The van der Waals surface area contributed by atoms with Crippen molar-refractivity contribution in [3.8, 4) is 0 Å². The molecular weight excluding hydrogens is 124 g/mol. The van der Waals surface area contributed by atoms with Gasteiger partial charge in [-0.25, -0.2) is 0 Å². The Labute approximate surface area is 62.4 Å². The number of hydrogen-bond acceptors (Lipinski definition) is 2. The Hall–Kier alpha value is -0.920. The van der Waals surface area contributed by atoms with E-state index in [1.54, 1.807) is 18.5 Å². The van der Waals surface area contributed by atoms with Crippen LogP contribution in [0.1, 0.15) is 20.8 Å². The van der Waals surface area contributed by atoms with Crippen molar-refractivity contribution in [2.45, 2.75) is 26.3 Å². The minimum Gasteiger partial charge on any atom is -0.287 e. The first-order valence-corrected chi connectivity index (χ1v) is 3.22. The summed E-state index contributed by atoms with van der Waals surface area (Å²) in [5.41, 5.74) is 0.00547. The molecular formula is C8H14N2. The van der Waals surface area contributed by atoms with Crippen LogP contribution in [0.3, 0.4) is 0 Å². The number of hydrogen-bond donors (Lipinski definition) is 0. The SMILES string of the molecule is C=N/C=C\C=NC(C)(C)C. The molecule has 0 aliphatic carbocycles. The van der Waals surface area contributed by atoms with Crippen LogP contribution in [-0.4, -0.2) is 18.5 Å². The molecule has 0 heterocycles. The predicted octanol–water partition coefficient (Wildman–Crippen LogP) is 2.07. The Morgan fingerprint density at radius 2 is 1.90 bits per heavy atom. The molecule has 0 fully saturated rings. The van der Waals surface area contributed by atoms with Gasteiger partial charge in [-0.3, -0.25) is 9.98 Å². The summed E-state index contributed by atoms with van der Waals surface area (Å²) in [7, 11) is 0. The average molecular weight is 138 g/mol. The van der Waals surface area contributed by atoms with Crippen LogP contribution in [0.15, 0.2) is 22.3 Å². The van der Waals surface area contributed by atoms with E-state index in [2.05, 4.69) is 16.7 Å². The molecule has 0 aromatic heterocycles. The lowest BCUT2D eigenvalue weighted by molar-refractivity contribution is 0.587. The molecule has 56 valence electrons. The normalized spacial score (nSPS) is 13.1. The van der Waals surface area contributed by atoms with Gasteiger partial charge < -0.3 is 0 Å². The van der Waals surface area contributed by atoms with Crippen molar-refractivity contribution in [3.05, 3.63) is 12.3 Å². The minimum absolute atomic E-state index is 0.00547. The molecule has 0 aromatic rings. The Morgan fingerprint density at radius 1 is 1.30 bits per heavy atom. The summed E-state index contributed by atoms with van der Waals surface area (Å²) in [6, 6.07) is 0. The molecule has 0 atom stereocenters. The fourth-order valence-electron chi connectivity index (χ4n) is 0.366. The zero-order chi connectivity index (χ0) is 8.04. The lowest BCUT2D eigenvalue weighted by Crippen LogP contribution is -2.08. The van der Waals surface area contributed by atoms with Crippen molar-refractivity contribution in [1.82, 2.24) is 0 Å². The standard InChI is InChI=1S/C8H14N2/c1-8(2,3)10-7-5-6-9-4/h5-7H,4H2,1-3H3/b6-5-,10-7?. The summed E-state index contributed by atoms with van der Waals surface area (Å²) in [6.45, 7) is 9.42. The van der Waals surface area contributed by atoms with E-state index >= 15 is 0 Å². The number of aliphatic imine (C=N–C) groups is 2. The van der Waals surface area contributed by atoms with Gasteiger partial charge in [-0.15, -0.1) is 0 Å². The highest BCUT2D eigenvalue weighted by molar-refractivity contribution is 5.71. The zero-order valence-electron chi connectivity index (χ0n) is 6.83. The van der Waals surface area contributed by atoms with Gasteiger partial charge in [0.25, 0.3) is 0 Å². The Kier molecular flexibility index (Phi) is 3.62. The minimum atomic E-state index is 0.00547. The summed E-state index contributed by atoms with van der Waals surface area (Å²) in [6.07, 6.45) is 5.10. The fraction of sp³-hybridized carbons (Fsp3) is 0.500. The second-order valence-electron chi connectivity index (χ2n) is 2.97. The van der Waals surface area contributed by atoms with Crippen molar-refractivity contribution in [1.29, 1.82) is 0 Å². The van der Waals surface area contributed by atoms with Crippen molar-refractivity contribution < 1.29 is 0 Å². The van der Waals surface area contributed by atoms with Crippen molar-refractivity contribution in [2.75, 3.05) is 0 Å². The first-order chi connectivity index (χ1) is 4.56. The third-order valence-corrected chi connectivity index (χ3v) is 0.739. The maximum absolute atomic E-state index is 4.19. The van der Waals surface area contributed by atoms with Gasteiger partial charge in [0, 0.05) is 12.4 Å². The summed E-state index contributed by atoms with van der Waals surface area (Å²) < 4.78 is 0. The van der Waals surface area contributed by atoms with Gasteiger partial charge in [-0.2, -0.15) is 0 Å². The van der Waals surface area contributed by atoms with Crippen LogP contribution >= 0.6 is 0 Å². The lowest BCUT2D eigenvalue weighted by Gasteiger charge is -2.09. The number of rotatable bonds is 2. The van der Waals surface area contributed by atoms with Gasteiger partial charge in [0.1, 0.15) is 0 Å². The number of allylic oxidation sites excluding steroid dienone is 1. The van der Waals surface area contributed by atoms with E-state index in [-0.39, 0.29) is 5.54 Å². The Balaban J connectivity index is 3.77. The highest BCUT2D eigenvalue weighted by atomic mass is 14.8. The topological polar surface area (TPSA) is 24.7 Å². The zero-order valence-corrected chi connectivity index (χ0v) is 6.83. The van der Waals surface area contributed by atoms with Gasteiger partial charge in [0.05, 0.1) is 5.54 Å². The Bertz CT molecular complexity index is 149.